The molecule has 0 bridgehead atoms. The van der Waals surface area contributed by atoms with Gasteiger partial charge in [-0.1, -0.05) is 12.2 Å². The predicted octanol–water partition coefficient (Wildman–Crippen LogP) is 1.05. The number of nitrogens with one attached hydrogen (secondary N) is 2. The molecule has 1 saturated carbocycles. The lowest BCUT2D eigenvalue weighted by atomic mass is 9.74. The molecule has 2 aliphatic rings. The minimum atomic E-state index is 0.568. The zero-order valence-corrected chi connectivity index (χ0v) is 10.2. The molecule has 0 aromatic carbocycles. The number of allylic oxidation sites excluding steroid dienone is 2. The normalized spacial score (nSPS) is 28.7. The summed E-state index contributed by atoms with van der Waals surface area (Å²) in [6.07, 6.45) is 6.75. The first kappa shape index (κ1) is 11.5. The Morgan fingerprint density at radius 2 is 2.56 bits per heavy atom. The molecule has 0 amide bonds. The molecule has 0 spiro atoms. The van der Waals surface area contributed by atoms with E-state index in [1.54, 1.807) is 7.11 Å². The molecule has 5 heteroatoms. The molecule has 16 heavy (non-hydrogen) atoms. The minimum absolute atomic E-state index is 0.568. The van der Waals surface area contributed by atoms with E-state index in [2.05, 4.69) is 28.0 Å². The zero-order chi connectivity index (χ0) is 11.4. The number of ether oxygens (including phenoxy) is 1. The zero-order valence-electron chi connectivity index (χ0n) is 9.40. The molecule has 2 N–H and O–H groups in total. The van der Waals surface area contributed by atoms with Crippen LogP contribution < -0.4 is 10.7 Å². The summed E-state index contributed by atoms with van der Waals surface area (Å²) in [6, 6.07) is 0. The van der Waals surface area contributed by atoms with Crippen LogP contribution in [0.5, 0.6) is 0 Å². The molecule has 0 aromatic heterocycles. The van der Waals surface area contributed by atoms with Gasteiger partial charge in [0, 0.05) is 25.3 Å². The van der Waals surface area contributed by atoms with Gasteiger partial charge in [-0.2, -0.15) is 5.10 Å². The Balaban J connectivity index is 1.67. The Kier molecular flexibility index (Phi) is 3.90. The number of fused-ring (bicyclic) bond motifs is 1. The first-order valence-electron chi connectivity index (χ1n) is 5.57. The first-order chi connectivity index (χ1) is 7.81. The average molecular weight is 239 g/mol. The van der Waals surface area contributed by atoms with Crippen LogP contribution in [0.3, 0.4) is 0 Å². The maximum Gasteiger partial charge on any atom is 0.187 e. The van der Waals surface area contributed by atoms with Crippen molar-refractivity contribution in [3.8, 4) is 0 Å². The molecule has 1 fully saturated rings. The SMILES string of the molecule is COCCNC(=S)N/N=C1/C[C@@H]2C=CC[C@@H]12. The maximum atomic E-state index is 5.08. The van der Waals surface area contributed by atoms with Crippen LogP contribution in [0, 0.1) is 11.8 Å². The third-order valence-electron chi connectivity index (χ3n) is 3.06. The third-order valence-corrected chi connectivity index (χ3v) is 3.29. The topological polar surface area (TPSA) is 45.6 Å². The van der Waals surface area contributed by atoms with Crippen LogP contribution in [0.15, 0.2) is 17.3 Å². The fraction of sp³-hybridized carbons (Fsp3) is 0.636. The second-order valence-corrected chi connectivity index (χ2v) is 4.51. The van der Waals surface area contributed by atoms with Crippen LogP contribution in [-0.2, 0) is 4.74 Å². The van der Waals surface area contributed by atoms with Crippen molar-refractivity contribution < 1.29 is 4.74 Å². The maximum absolute atomic E-state index is 5.08. The van der Waals surface area contributed by atoms with E-state index in [0.29, 0.717) is 24.2 Å². The monoisotopic (exact) mass is 239 g/mol. The number of hydrazone groups is 1. The van der Waals surface area contributed by atoms with Gasteiger partial charge in [-0.25, -0.2) is 0 Å². The van der Waals surface area contributed by atoms with Crippen LogP contribution >= 0.6 is 12.2 Å². The molecular formula is C11H17N3OS. The van der Waals surface area contributed by atoms with Gasteiger partial charge in [0.05, 0.1) is 6.61 Å². The van der Waals surface area contributed by atoms with Crippen molar-refractivity contribution in [3.05, 3.63) is 12.2 Å². The van der Waals surface area contributed by atoms with Gasteiger partial charge in [-0.3, -0.25) is 5.43 Å². The summed E-state index contributed by atoms with van der Waals surface area (Å²) in [5.41, 5.74) is 4.12. The number of methoxy groups -OCH3 is 1. The Bertz CT molecular complexity index is 327. The second-order valence-electron chi connectivity index (χ2n) is 4.10. The quantitative estimate of drug-likeness (QED) is 0.333. The third kappa shape index (κ3) is 2.59. The highest BCUT2D eigenvalue weighted by molar-refractivity contribution is 7.80. The lowest BCUT2D eigenvalue weighted by molar-refractivity contribution is 0.204. The van der Waals surface area contributed by atoms with Crippen molar-refractivity contribution in [1.29, 1.82) is 0 Å². The summed E-state index contributed by atoms with van der Waals surface area (Å²) in [5.74, 6) is 1.37. The van der Waals surface area contributed by atoms with Crippen molar-refractivity contribution in [2.24, 2.45) is 16.9 Å². The predicted molar refractivity (Wildman–Crippen MR) is 68.4 cm³/mol. The highest BCUT2D eigenvalue weighted by atomic mass is 32.1. The molecule has 0 saturated heterocycles. The van der Waals surface area contributed by atoms with Gasteiger partial charge < -0.3 is 10.1 Å². The van der Waals surface area contributed by atoms with Crippen LogP contribution in [0.1, 0.15) is 12.8 Å². The van der Waals surface area contributed by atoms with Gasteiger partial charge in [-0.15, -0.1) is 0 Å². The average Bonchev–Trinajstić information content (AvgIpc) is 2.61. The summed E-state index contributed by atoms with van der Waals surface area (Å²) in [5, 5.41) is 7.92. The number of hydrogen-bond acceptors (Lipinski definition) is 3. The van der Waals surface area contributed by atoms with Crippen molar-refractivity contribution in [1.82, 2.24) is 10.7 Å². The minimum Gasteiger partial charge on any atom is -0.383 e. The molecule has 0 aromatic rings. The van der Waals surface area contributed by atoms with E-state index in [4.69, 9.17) is 17.0 Å². The molecule has 2 aliphatic carbocycles. The molecule has 0 aliphatic heterocycles. The fourth-order valence-electron chi connectivity index (χ4n) is 2.09. The molecule has 0 unspecified atom stereocenters. The van der Waals surface area contributed by atoms with Gasteiger partial charge in [0.25, 0.3) is 0 Å². The molecule has 4 nitrogen and oxygen atoms in total. The molecular weight excluding hydrogens is 222 g/mol. The Morgan fingerprint density at radius 3 is 3.31 bits per heavy atom. The Labute approximate surface area is 101 Å². The van der Waals surface area contributed by atoms with E-state index in [1.165, 1.54) is 5.71 Å². The molecule has 88 valence electrons. The van der Waals surface area contributed by atoms with Crippen molar-refractivity contribution in [2.75, 3.05) is 20.3 Å². The largest absolute Gasteiger partial charge is 0.383 e. The van der Waals surface area contributed by atoms with Gasteiger partial charge in [-0.05, 0) is 31.0 Å². The van der Waals surface area contributed by atoms with E-state index >= 15 is 0 Å². The molecule has 0 heterocycles. The van der Waals surface area contributed by atoms with E-state index < -0.39 is 0 Å². The van der Waals surface area contributed by atoms with E-state index in [9.17, 15) is 0 Å². The summed E-state index contributed by atoms with van der Waals surface area (Å²) < 4.78 is 4.91. The second kappa shape index (κ2) is 5.41. The van der Waals surface area contributed by atoms with Gasteiger partial charge in [0.1, 0.15) is 0 Å². The first-order valence-corrected chi connectivity index (χ1v) is 5.98. The van der Waals surface area contributed by atoms with Gasteiger partial charge in [0.15, 0.2) is 5.11 Å². The standard InChI is InChI=1S/C11H17N3OS/c1-15-6-5-12-11(16)14-13-10-7-8-3-2-4-9(8)10/h2-3,8-9H,4-7H2,1H3,(H2,12,14,16)/b13-10-/t8-,9+/m0/s1. The summed E-state index contributed by atoms with van der Waals surface area (Å²) in [4.78, 5) is 0. The lowest BCUT2D eigenvalue weighted by Gasteiger charge is -2.31. The number of hydrogen-bond donors (Lipinski definition) is 2. The molecule has 2 rings (SSSR count). The Hall–Kier alpha value is -0.940. The van der Waals surface area contributed by atoms with Crippen LogP contribution in [0.2, 0.25) is 0 Å². The van der Waals surface area contributed by atoms with Gasteiger partial charge in [0.2, 0.25) is 0 Å². The van der Waals surface area contributed by atoms with Crippen LogP contribution in [-0.4, -0.2) is 31.1 Å². The van der Waals surface area contributed by atoms with Crippen LogP contribution in [0.25, 0.3) is 0 Å². The van der Waals surface area contributed by atoms with E-state index in [-0.39, 0.29) is 0 Å². The smallest absolute Gasteiger partial charge is 0.187 e. The molecule has 0 radical (unpaired) electrons. The number of thiocarbonyl (C=S) groups is 1. The summed E-state index contributed by atoms with van der Waals surface area (Å²) in [7, 11) is 1.67. The highest BCUT2D eigenvalue weighted by Gasteiger charge is 2.37. The molecule has 2 atom stereocenters. The van der Waals surface area contributed by atoms with Crippen molar-refractivity contribution in [3.63, 3.8) is 0 Å². The summed E-state index contributed by atoms with van der Waals surface area (Å²) in [6.45, 7) is 1.35. The summed E-state index contributed by atoms with van der Waals surface area (Å²) >= 11 is 5.08. The van der Waals surface area contributed by atoms with E-state index in [0.717, 1.165) is 18.8 Å². The van der Waals surface area contributed by atoms with E-state index in [1.807, 2.05) is 0 Å². The number of nitrogens with zero attached hydrogens (tertiary/aromatic N) is 1. The Morgan fingerprint density at radius 1 is 1.69 bits per heavy atom. The van der Waals surface area contributed by atoms with Crippen LogP contribution in [0.4, 0.5) is 0 Å². The fourth-order valence-corrected chi connectivity index (χ4v) is 2.24. The van der Waals surface area contributed by atoms with Gasteiger partial charge >= 0.3 is 0 Å². The highest BCUT2D eigenvalue weighted by Crippen LogP contribution is 2.39. The van der Waals surface area contributed by atoms with Crippen molar-refractivity contribution >= 4 is 23.0 Å². The number of rotatable bonds is 4. The lowest BCUT2D eigenvalue weighted by Crippen LogP contribution is -2.39. The van der Waals surface area contributed by atoms with Crippen molar-refractivity contribution in [2.45, 2.75) is 12.8 Å².